The van der Waals surface area contributed by atoms with Gasteiger partial charge in [-0.2, -0.15) is 0 Å². The number of carbonyl (C=O) groups is 1. The van der Waals surface area contributed by atoms with Crippen molar-refractivity contribution in [3.05, 3.63) is 68.6 Å². The predicted octanol–water partition coefficient (Wildman–Crippen LogP) is 6.17. The molecule has 4 rings (SSSR count). The van der Waals surface area contributed by atoms with Gasteiger partial charge in [0.2, 0.25) is 5.89 Å². The van der Waals surface area contributed by atoms with E-state index in [2.05, 4.69) is 47.5 Å². The van der Waals surface area contributed by atoms with E-state index >= 15 is 0 Å². The molecular weight excluding hydrogens is 574 g/mol. The van der Waals surface area contributed by atoms with E-state index in [0.29, 0.717) is 42.6 Å². The van der Waals surface area contributed by atoms with Gasteiger partial charge in [0.15, 0.2) is 10.7 Å². The van der Waals surface area contributed by atoms with Gasteiger partial charge in [0.05, 0.1) is 22.7 Å². The van der Waals surface area contributed by atoms with E-state index in [-0.39, 0.29) is 16.8 Å². The molecule has 0 saturated carbocycles. The molecule has 10 heteroatoms. The Morgan fingerprint density at radius 2 is 1.94 bits per heavy atom. The summed E-state index contributed by atoms with van der Waals surface area (Å²) in [6.07, 6.45) is 0. The van der Waals surface area contributed by atoms with Crippen LogP contribution in [0.5, 0.6) is 11.5 Å². The zero-order valence-corrected chi connectivity index (χ0v) is 21.4. The molecule has 0 unspecified atom stereocenters. The number of aromatic nitrogens is 1. The van der Waals surface area contributed by atoms with E-state index in [0.717, 1.165) is 5.56 Å². The van der Waals surface area contributed by atoms with Gasteiger partial charge < -0.3 is 19.6 Å². The van der Waals surface area contributed by atoms with Crippen LogP contribution in [0, 0.1) is 6.92 Å². The Labute approximate surface area is 211 Å². The average molecular weight is 591 g/mol. The molecule has 0 aliphatic carbocycles. The largest absolute Gasteiger partial charge is 0.507 e. The van der Waals surface area contributed by atoms with Gasteiger partial charge in [0.1, 0.15) is 17.0 Å². The lowest BCUT2D eigenvalue weighted by Gasteiger charge is -2.13. The second-order valence-corrected chi connectivity index (χ2v) is 9.28. The lowest BCUT2D eigenvalue weighted by atomic mass is 10.1. The fourth-order valence-electron chi connectivity index (χ4n) is 3.20. The maximum absolute atomic E-state index is 12.8. The summed E-state index contributed by atoms with van der Waals surface area (Å²) < 4.78 is 12.5. The fourth-order valence-corrected chi connectivity index (χ4v) is 4.80. The van der Waals surface area contributed by atoms with Crippen molar-refractivity contribution in [2.75, 3.05) is 12.4 Å². The molecule has 0 fully saturated rings. The quantitative estimate of drug-likeness (QED) is 0.193. The Hall–Kier alpha value is -2.95. The van der Waals surface area contributed by atoms with Gasteiger partial charge in [-0.25, -0.2) is 4.98 Å². The van der Waals surface area contributed by atoms with Crippen molar-refractivity contribution in [3.63, 3.8) is 0 Å². The molecule has 3 aromatic carbocycles. The number of methoxy groups -OCH3 is 1. The van der Waals surface area contributed by atoms with E-state index in [1.165, 1.54) is 13.2 Å². The van der Waals surface area contributed by atoms with E-state index in [1.807, 2.05) is 25.1 Å². The summed E-state index contributed by atoms with van der Waals surface area (Å²) >= 11 is 12.1. The highest BCUT2D eigenvalue weighted by molar-refractivity contribution is 9.11. The number of hydrogen-bond donors (Lipinski definition) is 3. The molecule has 1 aromatic heterocycles. The molecule has 7 nitrogen and oxygen atoms in total. The summed E-state index contributed by atoms with van der Waals surface area (Å²) in [6.45, 7) is 1.96. The fraction of sp³-hybridized carbons (Fsp3) is 0.0870. The minimum absolute atomic E-state index is 0.00232. The lowest BCUT2D eigenvalue weighted by Crippen LogP contribution is -2.34. The van der Waals surface area contributed by atoms with Crippen LogP contribution in [0.2, 0.25) is 0 Å². The summed E-state index contributed by atoms with van der Waals surface area (Å²) in [5, 5.41) is 16.0. The van der Waals surface area contributed by atoms with Crippen LogP contribution >= 0.6 is 44.1 Å². The van der Waals surface area contributed by atoms with Gasteiger partial charge in [-0.1, -0.05) is 22.0 Å². The van der Waals surface area contributed by atoms with Crippen molar-refractivity contribution in [2.45, 2.75) is 6.92 Å². The zero-order valence-electron chi connectivity index (χ0n) is 17.4. The van der Waals surface area contributed by atoms with Gasteiger partial charge in [0.25, 0.3) is 5.91 Å². The number of benzene rings is 3. The number of rotatable bonds is 4. The van der Waals surface area contributed by atoms with Crippen LogP contribution in [0.15, 0.2) is 61.9 Å². The van der Waals surface area contributed by atoms with Crippen LogP contribution in [0.25, 0.3) is 22.6 Å². The van der Waals surface area contributed by atoms with Crippen molar-refractivity contribution in [2.24, 2.45) is 0 Å². The van der Waals surface area contributed by atoms with Gasteiger partial charge in [-0.05, 0) is 83.1 Å². The van der Waals surface area contributed by atoms with E-state index in [9.17, 15) is 9.90 Å². The monoisotopic (exact) mass is 589 g/mol. The molecule has 0 saturated heterocycles. The Morgan fingerprint density at radius 3 is 2.70 bits per heavy atom. The van der Waals surface area contributed by atoms with E-state index in [4.69, 9.17) is 21.4 Å². The molecule has 4 aromatic rings. The topological polar surface area (TPSA) is 96.6 Å². The van der Waals surface area contributed by atoms with Gasteiger partial charge in [0, 0.05) is 10.2 Å². The van der Waals surface area contributed by atoms with Crippen LogP contribution in [0.4, 0.5) is 5.69 Å². The number of aromatic hydroxyl groups is 1. The zero-order chi connectivity index (χ0) is 23.7. The minimum atomic E-state index is -0.445. The number of nitrogens with one attached hydrogen (secondary N) is 2. The number of hydrogen-bond acceptors (Lipinski definition) is 6. The Bertz CT molecular complexity index is 1400. The third kappa shape index (κ3) is 5.02. The number of phenolic OH excluding ortho intramolecular Hbond substituents is 1. The number of aryl methyl sites for hydroxylation is 1. The molecule has 168 valence electrons. The average Bonchev–Trinajstić information content (AvgIpc) is 3.17. The number of carbonyl (C=O) groups excluding carboxylic acids is 1. The standard InChI is InChI=1S/C23H17Br2N3O4S/c1-11-3-5-17-19(7-11)32-22(27-17)14-10-13(4-6-18(14)29)26-23(33)28-21(30)15-8-12(24)9-16(25)20(15)31-2/h3-10,29H,1-2H3,(H2,26,28,30,33). The number of oxazole rings is 1. The first-order valence-corrected chi connectivity index (χ1v) is 11.6. The number of fused-ring (bicyclic) bond motifs is 1. The summed E-state index contributed by atoms with van der Waals surface area (Å²) in [5.74, 6) is 0.217. The SMILES string of the molecule is COc1c(Br)cc(Br)cc1C(=O)NC(=S)Nc1ccc(O)c(-c2nc3ccc(C)cc3o2)c1. The number of anilines is 1. The van der Waals surface area contributed by atoms with Crippen LogP contribution in [-0.4, -0.2) is 28.2 Å². The Kier molecular flexibility index (Phi) is 6.68. The minimum Gasteiger partial charge on any atom is -0.507 e. The highest BCUT2D eigenvalue weighted by atomic mass is 79.9. The molecule has 0 spiro atoms. The van der Waals surface area contributed by atoms with Crippen LogP contribution in [0.1, 0.15) is 15.9 Å². The summed E-state index contributed by atoms with van der Waals surface area (Å²) in [4.78, 5) is 17.2. The molecule has 0 atom stereocenters. The molecule has 33 heavy (non-hydrogen) atoms. The normalized spacial score (nSPS) is 10.8. The number of nitrogens with zero attached hydrogens (tertiary/aromatic N) is 1. The molecule has 0 radical (unpaired) electrons. The third-order valence-corrected chi connectivity index (χ3v) is 5.96. The van der Waals surface area contributed by atoms with Crippen molar-refractivity contribution >= 4 is 71.9 Å². The summed E-state index contributed by atoms with van der Waals surface area (Å²) in [7, 11) is 1.48. The highest BCUT2D eigenvalue weighted by Gasteiger charge is 2.18. The number of ether oxygens (including phenoxy) is 1. The van der Waals surface area contributed by atoms with Crippen molar-refractivity contribution in [1.82, 2.24) is 10.3 Å². The molecular formula is C23H17Br2N3O4S. The predicted molar refractivity (Wildman–Crippen MR) is 138 cm³/mol. The van der Waals surface area contributed by atoms with Crippen molar-refractivity contribution < 1.29 is 19.1 Å². The summed E-state index contributed by atoms with van der Waals surface area (Å²) in [5.41, 5.74) is 3.58. The molecule has 0 aliphatic heterocycles. The lowest BCUT2D eigenvalue weighted by molar-refractivity contribution is 0.0974. The molecule has 0 aliphatic rings. The second-order valence-electron chi connectivity index (χ2n) is 7.10. The Morgan fingerprint density at radius 1 is 1.15 bits per heavy atom. The smallest absolute Gasteiger partial charge is 0.261 e. The number of thiocarbonyl (C=S) groups is 1. The first kappa shape index (κ1) is 23.2. The maximum atomic E-state index is 12.8. The Balaban J connectivity index is 1.55. The molecule has 3 N–H and O–H groups in total. The van der Waals surface area contributed by atoms with Crippen molar-refractivity contribution in [3.8, 4) is 23.0 Å². The third-order valence-electron chi connectivity index (χ3n) is 4.71. The van der Waals surface area contributed by atoms with Crippen molar-refractivity contribution in [1.29, 1.82) is 0 Å². The van der Waals surface area contributed by atoms with Crippen LogP contribution in [-0.2, 0) is 0 Å². The van der Waals surface area contributed by atoms with E-state index < -0.39 is 5.91 Å². The number of phenols is 1. The van der Waals surface area contributed by atoms with Gasteiger partial charge in [-0.15, -0.1) is 0 Å². The first-order valence-electron chi connectivity index (χ1n) is 9.61. The van der Waals surface area contributed by atoms with Crippen LogP contribution < -0.4 is 15.4 Å². The molecule has 0 bridgehead atoms. The van der Waals surface area contributed by atoms with E-state index in [1.54, 1.807) is 24.3 Å². The number of halogens is 2. The molecule has 1 heterocycles. The van der Waals surface area contributed by atoms with Gasteiger partial charge in [-0.3, -0.25) is 10.1 Å². The highest BCUT2D eigenvalue weighted by Crippen LogP contribution is 2.34. The van der Waals surface area contributed by atoms with Gasteiger partial charge >= 0.3 is 0 Å². The second kappa shape index (κ2) is 9.50. The molecule has 1 amide bonds. The number of amides is 1. The maximum Gasteiger partial charge on any atom is 0.261 e. The first-order chi connectivity index (χ1) is 15.7. The summed E-state index contributed by atoms with van der Waals surface area (Å²) in [6, 6.07) is 13.8. The van der Waals surface area contributed by atoms with Crippen LogP contribution in [0.3, 0.4) is 0 Å².